The Morgan fingerprint density at radius 2 is 2.25 bits per heavy atom. The van der Waals surface area contributed by atoms with Crippen LogP contribution in [0.3, 0.4) is 0 Å². The summed E-state index contributed by atoms with van der Waals surface area (Å²) in [5, 5.41) is 3.12. The van der Waals surface area contributed by atoms with Crippen molar-refractivity contribution in [3.8, 4) is 0 Å². The zero-order chi connectivity index (χ0) is 13.9. The molecule has 0 radical (unpaired) electrons. The molecule has 1 unspecified atom stereocenters. The van der Waals surface area contributed by atoms with E-state index < -0.39 is 10.0 Å². The molecule has 0 bridgehead atoms. The summed E-state index contributed by atoms with van der Waals surface area (Å²) in [6.45, 7) is 2.02. The van der Waals surface area contributed by atoms with Gasteiger partial charge in [-0.3, -0.25) is 4.98 Å². The Morgan fingerprint density at radius 3 is 2.90 bits per heavy atom. The van der Waals surface area contributed by atoms with Crippen molar-refractivity contribution in [3.63, 3.8) is 0 Å². The van der Waals surface area contributed by atoms with Gasteiger partial charge in [-0.1, -0.05) is 0 Å². The first-order chi connectivity index (χ1) is 9.04. The van der Waals surface area contributed by atoms with Gasteiger partial charge in [0.05, 0.1) is 0 Å². The second-order valence-corrected chi connectivity index (χ2v) is 7.62. The maximum atomic E-state index is 12.5. The van der Waals surface area contributed by atoms with Crippen LogP contribution < -0.4 is 5.32 Å². The van der Waals surface area contributed by atoms with Gasteiger partial charge >= 0.3 is 0 Å². The lowest BCUT2D eigenvalue weighted by Gasteiger charge is -2.31. The molecule has 20 heavy (non-hydrogen) atoms. The van der Waals surface area contributed by atoms with E-state index in [1.165, 1.54) is 6.20 Å². The normalized spacial score (nSPS) is 20.4. The lowest BCUT2D eigenvalue weighted by Crippen LogP contribution is -2.42. The molecule has 114 valence electrons. The number of pyridine rings is 1. The van der Waals surface area contributed by atoms with Crippen molar-refractivity contribution in [1.82, 2.24) is 14.6 Å². The summed E-state index contributed by atoms with van der Waals surface area (Å²) in [6, 6.07) is 1.60. The molecule has 0 spiro atoms. The van der Waals surface area contributed by atoms with Crippen LogP contribution in [0.5, 0.6) is 0 Å². The quantitative estimate of drug-likeness (QED) is 0.861. The third kappa shape index (κ3) is 4.14. The van der Waals surface area contributed by atoms with Crippen LogP contribution in [-0.4, -0.2) is 44.4 Å². The zero-order valence-electron chi connectivity index (χ0n) is 11.3. The van der Waals surface area contributed by atoms with Gasteiger partial charge in [0.1, 0.15) is 4.90 Å². The van der Waals surface area contributed by atoms with Crippen molar-refractivity contribution in [2.24, 2.45) is 5.92 Å². The van der Waals surface area contributed by atoms with Crippen LogP contribution in [0.15, 0.2) is 27.8 Å². The molecule has 1 aromatic rings. The van der Waals surface area contributed by atoms with E-state index in [0.29, 0.717) is 23.5 Å². The first kappa shape index (κ1) is 17.8. The Hall–Kier alpha value is -0.210. The number of hydrogen-bond acceptors (Lipinski definition) is 4. The predicted molar refractivity (Wildman–Crippen MR) is 84.6 cm³/mol. The topological polar surface area (TPSA) is 62.3 Å². The van der Waals surface area contributed by atoms with Crippen molar-refractivity contribution >= 4 is 38.4 Å². The molecule has 0 aliphatic carbocycles. The number of rotatable bonds is 4. The minimum atomic E-state index is -3.42. The summed E-state index contributed by atoms with van der Waals surface area (Å²) < 4.78 is 27.3. The Labute approximate surface area is 134 Å². The number of nitrogens with zero attached hydrogens (tertiary/aromatic N) is 2. The number of hydrogen-bond donors (Lipinski definition) is 1. The van der Waals surface area contributed by atoms with E-state index in [1.54, 1.807) is 16.6 Å². The maximum absolute atomic E-state index is 12.5. The van der Waals surface area contributed by atoms with Gasteiger partial charge in [0.15, 0.2) is 0 Å². The molecule has 1 fully saturated rings. The van der Waals surface area contributed by atoms with Gasteiger partial charge in [-0.15, -0.1) is 12.4 Å². The van der Waals surface area contributed by atoms with Crippen LogP contribution in [0.2, 0.25) is 0 Å². The second-order valence-electron chi connectivity index (χ2n) is 4.77. The van der Waals surface area contributed by atoms with Crippen LogP contribution in [-0.2, 0) is 10.0 Å². The Balaban J connectivity index is 0.00000200. The molecule has 8 heteroatoms. The summed E-state index contributed by atoms with van der Waals surface area (Å²) in [7, 11) is -1.53. The number of aromatic nitrogens is 1. The van der Waals surface area contributed by atoms with Crippen molar-refractivity contribution in [2.75, 3.05) is 26.7 Å². The van der Waals surface area contributed by atoms with E-state index in [1.807, 2.05) is 7.05 Å². The van der Waals surface area contributed by atoms with Crippen molar-refractivity contribution in [3.05, 3.63) is 22.9 Å². The average molecular weight is 385 g/mol. The molecule has 1 saturated heterocycles. The van der Waals surface area contributed by atoms with Gasteiger partial charge in [-0.2, -0.15) is 4.31 Å². The minimum absolute atomic E-state index is 0. The highest BCUT2D eigenvalue weighted by atomic mass is 79.9. The van der Waals surface area contributed by atoms with E-state index in [9.17, 15) is 8.42 Å². The summed E-state index contributed by atoms with van der Waals surface area (Å²) in [6.07, 6.45) is 4.97. The molecule has 0 aromatic carbocycles. The summed E-state index contributed by atoms with van der Waals surface area (Å²) in [4.78, 5) is 4.19. The van der Waals surface area contributed by atoms with E-state index in [4.69, 9.17) is 0 Å². The number of piperidine rings is 1. The van der Waals surface area contributed by atoms with Gasteiger partial charge in [0, 0.05) is 30.0 Å². The molecule has 1 N–H and O–H groups in total. The summed E-state index contributed by atoms with van der Waals surface area (Å²) >= 11 is 3.26. The van der Waals surface area contributed by atoms with Crippen molar-refractivity contribution in [1.29, 1.82) is 0 Å². The molecular formula is C12H19BrClN3O2S. The van der Waals surface area contributed by atoms with Crippen LogP contribution in [0.1, 0.15) is 12.8 Å². The fraction of sp³-hybridized carbons (Fsp3) is 0.583. The molecule has 1 aliphatic rings. The standard InChI is InChI=1S/C12H18BrN3O2S.ClH/c1-14-6-10-3-2-4-16(9-10)19(17,18)12-5-11(13)7-15-8-12;/h5,7-8,10,14H,2-4,6,9H2,1H3;1H. The van der Waals surface area contributed by atoms with E-state index in [0.717, 1.165) is 19.4 Å². The molecule has 1 aromatic heterocycles. The SMILES string of the molecule is CNCC1CCCN(S(=O)(=O)c2cncc(Br)c2)C1.Cl. The Kier molecular flexibility index (Phi) is 6.87. The van der Waals surface area contributed by atoms with Crippen LogP contribution in [0, 0.1) is 5.92 Å². The fourth-order valence-corrected chi connectivity index (χ4v) is 4.44. The van der Waals surface area contributed by atoms with Gasteiger partial charge in [-0.05, 0) is 54.3 Å². The fourth-order valence-electron chi connectivity index (χ4n) is 2.38. The van der Waals surface area contributed by atoms with Crippen LogP contribution in [0.25, 0.3) is 0 Å². The predicted octanol–water partition coefficient (Wildman–Crippen LogP) is 1.89. The molecule has 1 aliphatic heterocycles. The first-order valence-corrected chi connectivity index (χ1v) is 8.52. The molecular weight excluding hydrogens is 366 g/mol. The lowest BCUT2D eigenvalue weighted by atomic mass is 10.00. The smallest absolute Gasteiger partial charge is 0.244 e. The monoisotopic (exact) mass is 383 g/mol. The minimum Gasteiger partial charge on any atom is -0.319 e. The highest BCUT2D eigenvalue weighted by Gasteiger charge is 2.30. The molecule has 5 nitrogen and oxygen atoms in total. The van der Waals surface area contributed by atoms with Gasteiger partial charge in [0.25, 0.3) is 0 Å². The molecule has 1 atom stereocenters. The van der Waals surface area contributed by atoms with Crippen LogP contribution in [0.4, 0.5) is 0 Å². The third-order valence-electron chi connectivity index (χ3n) is 3.29. The van der Waals surface area contributed by atoms with E-state index >= 15 is 0 Å². The van der Waals surface area contributed by atoms with E-state index in [2.05, 4.69) is 26.2 Å². The van der Waals surface area contributed by atoms with Crippen molar-refractivity contribution in [2.45, 2.75) is 17.7 Å². The highest BCUT2D eigenvalue weighted by Crippen LogP contribution is 2.24. The largest absolute Gasteiger partial charge is 0.319 e. The molecule has 2 heterocycles. The third-order valence-corrected chi connectivity index (χ3v) is 5.56. The zero-order valence-corrected chi connectivity index (χ0v) is 14.5. The van der Waals surface area contributed by atoms with Crippen LogP contribution >= 0.6 is 28.3 Å². The Morgan fingerprint density at radius 1 is 1.50 bits per heavy atom. The molecule has 0 amide bonds. The summed E-state index contributed by atoms with van der Waals surface area (Å²) in [5.74, 6) is 0.383. The first-order valence-electron chi connectivity index (χ1n) is 6.29. The highest BCUT2D eigenvalue weighted by molar-refractivity contribution is 9.10. The van der Waals surface area contributed by atoms with Gasteiger partial charge in [0.2, 0.25) is 10.0 Å². The second kappa shape index (κ2) is 7.70. The van der Waals surface area contributed by atoms with E-state index in [-0.39, 0.29) is 17.3 Å². The Bertz CT molecular complexity index is 539. The average Bonchev–Trinajstić information content (AvgIpc) is 2.39. The van der Waals surface area contributed by atoms with Gasteiger partial charge in [-0.25, -0.2) is 8.42 Å². The molecule has 0 saturated carbocycles. The van der Waals surface area contributed by atoms with Gasteiger partial charge < -0.3 is 5.32 Å². The van der Waals surface area contributed by atoms with Crippen molar-refractivity contribution < 1.29 is 8.42 Å². The number of nitrogens with one attached hydrogen (secondary N) is 1. The number of sulfonamides is 1. The lowest BCUT2D eigenvalue weighted by molar-refractivity contribution is 0.263. The molecule has 2 rings (SSSR count). The number of halogens is 2. The maximum Gasteiger partial charge on any atom is 0.244 e. The summed E-state index contributed by atoms with van der Waals surface area (Å²) in [5.41, 5.74) is 0.